The van der Waals surface area contributed by atoms with Crippen LogP contribution in [-0.2, 0) is 17.9 Å². The molecule has 4 aromatic carbocycles. The Hall–Kier alpha value is -2.65. The molecule has 0 radical (unpaired) electrons. The summed E-state index contributed by atoms with van der Waals surface area (Å²) in [5, 5.41) is 0. The average molecular weight is 718 g/mol. The standard InChI is InChI=1S/C21H27N2.C17H18O.2ClH.Ru/c1-14-9-16(3)20(17(4)10-14)22-7-8-23(13-22)21-18(5)11-15(2)12-19(21)6;1-13(2)18(4)17-14(3)9-8-12-16(17)15-10-6-5-7-11-15;;;/h9-13H,7-8H2,1-6H3;3,5-13H,4H2,1-2H3;2*1H;/q-1;;;;+2/p-2. The van der Waals surface area contributed by atoms with Gasteiger partial charge in [0.15, 0.2) is 0 Å². The minimum absolute atomic E-state index is 0.202. The third-order valence-electron chi connectivity index (χ3n) is 7.85. The molecule has 44 heavy (non-hydrogen) atoms. The van der Waals surface area contributed by atoms with Crippen LogP contribution in [0, 0.1) is 55.3 Å². The monoisotopic (exact) mass is 717 g/mol. The summed E-state index contributed by atoms with van der Waals surface area (Å²) in [6.07, 6.45) is 0.202. The molecule has 1 aliphatic rings. The van der Waals surface area contributed by atoms with Gasteiger partial charge in [-0.05, 0) is 63.8 Å². The van der Waals surface area contributed by atoms with Crippen molar-refractivity contribution in [3.05, 3.63) is 126 Å². The van der Waals surface area contributed by atoms with Gasteiger partial charge in [-0.2, -0.15) is 6.67 Å². The number of benzene rings is 4. The molecule has 0 aromatic heterocycles. The van der Waals surface area contributed by atoms with E-state index in [0.29, 0.717) is 0 Å². The van der Waals surface area contributed by atoms with Crippen molar-refractivity contribution in [1.82, 2.24) is 0 Å². The van der Waals surface area contributed by atoms with E-state index in [1.54, 1.807) is 0 Å². The van der Waals surface area contributed by atoms with E-state index in [2.05, 4.69) is 126 Å². The predicted octanol–water partition coefficient (Wildman–Crippen LogP) is 10.9. The first kappa shape index (κ1) is 34.2. The van der Waals surface area contributed by atoms with Gasteiger partial charge in [0, 0.05) is 24.5 Å². The zero-order valence-electron chi connectivity index (χ0n) is 27.2. The van der Waals surface area contributed by atoms with Crippen LogP contribution in [-0.4, -0.2) is 23.8 Å². The molecule has 4 aromatic rings. The molecule has 0 N–H and O–H groups in total. The van der Waals surface area contributed by atoms with Crippen LogP contribution >= 0.6 is 19.4 Å². The van der Waals surface area contributed by atoms with Gasteiger partial charge in [-0.25, -0.2) is 0 Å². The topological polar surface area (TPSA) is 9.18 Å². The number of hydrogen-bond donors (Lipinski definition) is 0. The van der Waals surface area contributed by atoms with Gasteiger partial charge >= 0.3 is 140 Å². The maximum atomic E-state index is 6.07. The third-order valence-corrected chi connectivity index (χ3v) is 9.69. The van der Waals surface area contributed by atoms with Gasteiger partial charge in [0.05, 0.1) is 0 Å². The molecule has 0 spiro atoms. The van der Waals surface area contributed by atoms with Gasteiger partial charge in [-0.15, -0.1) is 0 Å². The first-order valence-corrected chi connectivity index (χ1v) is 20.4. The Morgan fingerprint density at radius 3 is 1.66 bits per heavy atom. The zero-order chi connectivity index (χ0) is 32.1. The minimum atomic E-state index is -1.90. The number of hydrogen-bond acceptors (Lipinski definition) is 2. The van der Waals surface area contributed by atoms with Crippen molar-refractivity contribution >= 4 is 35.4 Å². The van der Waals surface area contributed by atoms with Gasteiger partial charge in [0.25, 0.3) is 0 Å². The molecule has 236 valence electrons. The van der Waals surface area contributed by atoms with Crippen molar-refractivity contribution in [3.8, 4) is 16.9 Å². The summed E-state index contributed by atoms with van der Waals surface area (Å²) in [5.74, 6) is 0.999. The summed E-state index contributed by atoms with van der Waals surface area (Å²) in [7, 11) is 16.3. The van der Waals surface area contributed by atoms with Crippen molar-refractivity contribution in [3.63, 3.8) is 0 Å². The molecule has 0 saturated carbocycles. The number of halogens is 2. The molecule has 0 unspecified atom stereocenters. The Morgan fingerprint density at radius 1 is 0.750 bits per heavy atom. The Bertz CT molecular complexity index is 1520. The summed E-state index contributed by atoms with van der Waals surface area (Å²) in [4.78, 5) is 4.81. The Kier molecular flexibility index (Phi) is 11.7. The average Bonchev–Trinajstić information content (AvgIpc) is 3.40. The fourth-order valence-corrected chi connectivity index (χ4v) is 7.97. The molecule has 0 atom stereocenters. The van der Waals surface area contributed by atoms with Crippen molar-refractivity contribution in [2.45, 2.75) is 61.5 Å². The molecular weight excluding hydrogens is 672 g/mol. The van der Waals surface area contributed by atoms with Crippen LogP contribution in [0.4, 0.5) is 11.4 Å². The van der Waals surface area contributed by atoms with E-state index in [1.165, 1.54) is 44.8 Å². The second kappa shape index (κ2) is 15.1. The van der Waals surface area contributed by atoms with Crippen LogP contribution in [0.1, 0.15) is 52.8 Å². The SMILES string of the molecule is Cc1cc(C)c(N2[CH-]N(c3c(C)cc(C)cc3C)CC2)c(C)c1.[CH2-][O+](c1c([CH]=[Ru]([Cl])[Cl])cccc1-c1ccccc1)C(C)C. The van der Waals surface area contributed by atoms with E-state index in [-0.39, 0.29) is 6.10 Å². The first-order valence-electron chi connectivity index (χ1n) is 15.0. The summed E-state index contributed by atoms with van der Waals surface area (Å²) >= 11 is -1.90. The first-order chi connectivity index (χ1) is 20.9. The van der Waals surface area contributed by atoms with Gasteiger partial charge < -0.3 is 9.80 Å². The van der Waals surface area contributed by atoms with Gasteiger partial charge in [-0.1, -0.05) is 35.4 Å². The second-order valence-corrected chi connectivity index (χ2v) is 17.6. The Morgan fingerprint density at radius 2 is 1.23 bits per heavy atom. The Balaban J connectivity index is 0.000000202. The van der Waals surface area contributed by atoms with Gasteiger partial charge in [-0.3, -0.25) is 0 Å². The molecule has 0 amide bonds. The van der Waals surface area contributed by atoms with Crippen molar-refractivity contribution in [1.29, 1.82) is 0 Å². The summed E-state index contributed by atoms with van der Waals surface area (Å²) in [6, 6.07) is 25.5. The number of para-hydroxylation sites is 1. The molecule has 1 aliphatic heterocycles. The molecule has 5 rings (SSSR count). The van der Waals surface area contributed by atoms with Crippen molar-refractivity contribution < 1.29 is 17.9 Å². The Labute approximate surface area is 278 Å². The van der Waals surface area contributed by atoms with Crippen LogP contribution in [0.25, 0.3) is 11.1 Å². The van der Waals surface area contributed by atoms with Crippen LogP contribution in [0.15, 0.2) is 72.8 Å². The molecule has 0 aliphatic carbocycles. The van der Waals surface area contributed by atoms with Crippen LogP contribution < -0.4 is 9.80 Å². The normalized spacial score (nSPS) is 13.1. The molecule has 1 fully saturated rings. The van der Waals surface area contributed by atoms with Crippen LogP contribution in [0.2, 0.25) is 0 Å². The maximum absolute atomic E-state index is 6.07. The van der Waals surface area contributed by atoms with E-state index < -0.39 is 13.5 Å². The summed E-state index contributed by atoms with van der Waals surface area (Å²) in [6.45, 7) is 21.7. The number of rotatable bonds is 6. The summed E-state index contributed by atoms with van der Waals surface area (Å²) in [5.41, 5.74) is 14.1. The molecule has 1 heterocycles. The number of anilines is 2. The van der Waals surface area contributed by atoms with Crippen molar-refractivity contribution in [2.24, 2.45) is 0 Å². The third kappa shape index (κ3) is 8.14. The number of nitrogens with zero attached hydrogens (tertiary/aromatic N) is 2. The van der Waals surface area contributed by atoms with E-state index in [9.17, 15) is 0 Å². The molecular formula is C38H45Cl2N2ORu-. The van der Waals surface area contributed by atoms with E-state index in [0.717, 1.165) is 35.5 Å². The second-order valence-electron chi connectivity index (χ2n) is 11.9. The quantitative estimate of drug-likeness (QED) is 0.112. The van der Waals surface area contributed by atoms with Crippen LogP contribution in [0.5, 0.6) is 5.75 Å². The fraction of sp³-hybridized carbons (Fsp3) is 0.289. The van der Waals surface area contributed by atoms with Gasteiger partial charge in [0.2, 0.25) is 0 Å². The number of aryl methyl sites for hydroxylation is 6. The molecule has 6 heteroatoms. The predicted molar refractivity (Wildman–Crippen MR) is 190 cm³/mol. The van der Waals surface area contributed by atoms with Crippen LogP contribution in [0.3, 0.4) is 0 Å². The van der Waals surface area contributed by atoms with E-state index >= 15 is 0 Å². The molecule has 3 nitrogen and oxygen atoms in total. The molecule has 1 saturated heterocycles. The van der Waals surface area contributed by atoms with E-state index in [1.807, 2.05) is 34.9 Å². The van der Waals surface area contributed by atoms with Gasteiger partial charge in [0.1, 0.15) is 0 Å². The molecule has 0 bridgehead atoms. The van der Waals surface area contributed by atoms with E-state index in [4.69, 9.17) is 19.4 Å². The van der Waals surface area contributed by atoms with Crippen molar-refractivity contribution in [2.75, 3.05) is 22.9 Å². The fourth-order valence-electron chi connectivity index (χ4n) is 6.18. The zero-order valence-corrected chi connectivity index (χ0v) is 30.4. The summed E-state index contributed by atoms with van der Waals surface area (Å²) < 4.78 is 4.90.